The minimum atomic E-state index is -0.606. The number of nitrogens with zero attached hydrogens (tertiary/aromatic N) is 1. The van der Waals surface area contributed by atoms with Crippen LogP contribution in [0.2, 0.25) is 0 Å². The zero-order valence-corrected chi connectivity index (χ0v) is 15.4. The van der Waals surface area contributed by atoms with Gasteiger partial charge in [0.05, 0.1) is 0 Å². The molecule has 1 atom stereocenters. The first kappa shape index (κ1) is 18.2. The molecular formula is C20H25N3O3. The highest BCUT2D eigenvalue weighted by atomic mass is 16.6. The Balaban J connectivity index is 1.74. The third-order valence-electron chi connectivity index (χ3n) is 4.19. The topological polar surface area (TPSA) is 70.7 Å². The summed E-state index contributed by atoms with van der Waals surface area (Å²) in [6.07, 6.45) is -0.460. The molecule has 6 nitrogen and oxygen atoms in total. The van der Waals surface area contributed by atoms with E-state index < -0.39 is 17.7 Å². The van der Waals surface area contributed by atoms with E-state index >= 15 is 0 Å². The molecule has 0 spiro atoms. The van der Waals surface area contributed by atoms with E-state index in [9.17, 15) is 9.59 Å². The molecule has 2 aromatic carbocycles. The molecular weight excluding hydrogens is 330 g/mol. The van der Waals surface area contributed by atoms with E-state index in [1.54, 1.807) is 0 Å². The van der Waals surface area contributed by atoms with E-state index in [1.165, 1.54) is 4.90 Å². The van der Waals surface area contributed by atoms with Gasteiger partial charge in [0.25, 0.3) is 0 Å². The molecule has 2 N–H and O–H groups in total. The van der Waals surface area contributed by atoms with Crippen LogP contribution >= 0.6 is 0 Å². The predicted octanol–water partition coefficient (Wildman–Crippen LogP) is 2.99. The van der Waals surface area contributed by atoms with Crippen molar-refractivity contribution in [2.24, 2.45) is 0 Å². The largest absolute Gasteiger partial charge is 0.444 e. The highest BCUT2D eigenvalue weighted by Crippen LogP contribution is 2.20. The number of ether oxygens (including phenoxy) is 1. The van der Waals surface area contributed by atoms with Crippen molar-refractivity contribution in [1.29, 1.82) is 0 Å². The molecule has 0 aromatic heterocycles. The summed E-state index contributed by atoms with van der Waals surface area (Å²) in [6, 6.07) is 13.1. The van der Waals surface area contributed by atoms with Crippen molar-refractivity contribution in [3.05, 3.63) is 42.5 Å². The quantitative estimate of drug-likeness (QED) is 0.869. The summed E-state index contributed by atoms with van der Waals surface area (Å²) in [5.74, 6) is -0.224. The monoisotopic (exact) mass is 355 g/mol. The third kappa shape index (κ3) is 4.32. The van der Waals surface area contributed by atoms with Crippen molar-refractivity contribution in [2.45, 2.75) is 32.4 Å². The molecule has 26 heavy (non-hydrogen) atoms. The summed E-state index contributed by atoms with van der Waals surface area (Å²) in [7, 11) is 0. The lowest BCUT2D eigenvalue weighted by atomic mass is 10.1. The molecule has 1 fully saturated rings. The molecule has 0 aliphatic carbocycles. The minimum Gasteiger partial charge on any atom is -0.444 e. The van der Waals surface area contributed by atoms with Gasteiger partial charge in [-0.2, -0.15) is 0 Å². The Hall–Kier alpha value is -2.60. The smallest absolute Gasteiger partial charge is 0.411 e. The number of rotatable bonds is 2. The van der Waals surface area contributed by atoms with E-state index in [-0.39, 0.29) is 5.91 Å². The fourth-order valence-electron chi connectivity index (χ4n) is 2.97. The molecule has 0 saturated carbocycles. The molecule has 1 heterocycles. The SMILES string of the molecule is CC(C)(C)OC(=O)N1CCNCC1C(=O)Nc1ccc2ccccc2c1. The minimum absolute atomic E-state index is 0.224. The van der Waals surface area contributed by atoms with Gasteiger partial charge in [0.2, 0.25) is 5.91 Å². The molecule has 0 radical (unpaired) electrons. The first-order chi connectivity index (χ1) is 12.3. The van der Waals surface area contributed by atoms with Crippen LogP contribution in [0.1, 0.15) is 20.8 Å². The summed E-state index contributed by atoms with van der Waals surface area (Å²) < 4.78 is 5.44. The van der Waals surface area contributed by atoms with Gasteiger partial charge in [-0.1, -0.05) is 30.3 Å². The van der Waals surface area contributed by atoms with Crippen LogP contribution in [0.3, 0.4) is 0 Å². The second-order valence-electron chi connectivity index (χ2n) is 7.44. The van der Waals surface area contributed by atoms with E-state index in [4.69, 9.17) is 4.74 Å². The maximum Gasteiger partial charge on any atom is 0.411 e. The Bertz CT molecular complexity index is 813. The van der Waals surface area contributed by atoms with Gasteiger partial charge in [0, 0.05) is 25.3 Å². The van der Waals surface area contributed by atoms with Gasteiger partial charge in [-0.3, -0.25) is 9.69 Å². The summed E-state index contributed by atoms with van der Waals surface area (Å²) in [5, 5.41) is 8.25. The van der Waals surface area contributed by atoms with E-state index in [1.807, 2.05) is 63.2 Å². The maximum atomic E-state index is 12.8. The van der Waals surface area contributed by atoms with Crippen LogP contribution in [0.15, 0.2) is 42.5 Å². The van der Waals surface area contributed by atoms with Gasteiger partial charge >= 0.3 is 6.09 Å². The summed E-state index contributed by atoms with van der Waals surface area (Å²) in [4.78, 5) is 26.7. The first-order valence-corrected chi connectivity index (χ1v) is 8.83. The Morgan fingerprint density at radius 2 is 1.88 bits per heavy atom. The predicted molar refractivity (Wildman–Crippen MR) is 102 cm³/mol. The molecule has 1 saturated heterocycles. The first-order valence-electron chi connectivity index (χ1n) is 8.83. The lowest BCUT2D eigenvalue weighted by Gasteiger charge is -2.36. The van der Waals surface area contributed by atoms with E-state index in [0.717, 1.165) is 10.8 Å². The Labute approximate surface area is 153 Å². The Morgan fingerprint density at radius 1 is 1.15 bits per heavy atom. The fraction of sp³-hybridized carbons (Fsp3) is 0.400. The molecule has 0 bridgehead atoms. The normalized spacial score (nSPS) is 17.8. The van der Waals surface area contributed by atoms with E-state index in [2.05, 4.69) is 10.6 Å². The maximum absolute atomic E-state index is 12.8. The van der Waals surface area contributed by atoms with Gasteiger partial charge in [-0.15, -0.1) is 0 Å². The third-order valence-corrected chi connectivity index (χ3v) is 4.19. The van der Waals surface area contributed by atoms with Crippen molar-refractivity contribution < 1.29 is 14.3 Å². The zero-order valence-electron chi connectivity index (χ0n) is 15.4. The van der Waals surface area contributed by atoms with Gasteiger partial charge < -0.3 is 15.4 Å². The van der Waals surface area contributed by atoms with Crippen molar-refractivity contribution in [3.63, 3.8) is 0 Å². The van der Waals surface area contributed by atoms with Crippen molar-refractivity contribution >= 4 is 28.5 Å². The molecule has 6 heteroatoms. The number of hydrogen-bond donors (Lipinski definition) is 2. The second-order valence-corrected chi connectivity index (χ2v) is 7.44. The number of amides is 2. The number of piperazine rings is 1. The standard InChI is InChI=1S/C20H25N3O3/c1-20(2,3)26-19(25)23-11-10-21-13-17(23)18(24)22-16-9-8-14-6-4-5-7-15(14)12-16/h4-9,12,17,21H,10-11,13H2,1-3H3,(H,22,24). The van der Waals surface area contributed by atoms with Crippen LogP contribution in [0.4, 0.5) is 10.5 Å². The zero-order chi connectivity index (χ0) is 18.7. The lowest BCUT2D eigenvalue weighted by Crippen LogP contribution is -2.59. The van der Waals surface area contributed by atoms with Crippen LogP contribution in [0.5, 0.6) is 0 Å². The van der Waals surface area contributed by atoms with E-state index in [0.29, 0.717) is 25.3 Å². The Morgan fingerprint density at radius 3 is 2.62 bits per heavy atom. The number of carbonyl (C=O) groups is 2. The number of carbonyl (C=O) groups excluding carboxylic acids is 2. The molecule has 138 valence electrons. The summed E-state index contributed by atoms with van der Waals surface area (Å²) in [6.45, 7) is 6.92. The van der Waals surface area contributed by atoms with Crippen molar-refractivity contribution in [1.82, 2.24) is 10.2 Å². The van der Waals surface area contributed by atoms with Crippen molar-refractivity contribution in [2.75, 3.05) is 25.0 Å². The van der Waals surface area contributed by atoms with Crippen LogP contribution < -0.4 is 10.6 Å². The number of fused-ring (bicyclic) bond motifs is 1. The van der Waals surface area contributed by atoms with Crippen LogP contribution in [0.25, 0.3) is 10.8 Å². The highest BCUT2D eigenvalue weighted by molar-refractivity contribution is 5.98. The number of benzene rings is 2. The summed E-state index contributed by atoms with van der Waals surface area (Å²) in [5.41, 5.74) is 0.116. The average molecular weight is 355 g/mol. The molecule has 1 aliphatic rings. The number of hydrogen-bond acceptors (Lipinski definition) is 4. The van der Waals surface area contributed by atoms with Gasteiger partial charge in [0.1, 0.15) is 11.6 Å². The molecule has 1 aliphatic heterocycles. The number of anilines is 1. The van der Waals surface area contributed by atoms with Gasteiger partial charge in [-0.05, 0) is 43.7 Å². The molecule has 3 rings (SSSR count). The van der Waals surface area contributed by atoms with Gasteiger partial charge in [0.15, 0.2) is 0 Å². The fourth-order valence-corrected chi connectivity index (χ4v) is 2.97. The van der Waals surface area contributed by atoms with Crippen LogP contribution in [-0.2, 0) is 9.53 Å². The molecule has 1 unspecified atom stereocenters. The average Bonchev–Trinajstić information content (AvgIpc) is 2.60. The van der Waals surface area contributed by atoms with Crippen LogP contribution in [-0.4, -0.2) is 48.2 Å². The van der Waals surface area contributed by atoms with Crippen LogP contribution in [0, 0.1) is 0 Å². The summed E-state index contributed by atoms with van der Waals surface area (Å²) >= 11 is 0. The lowest BCUT2D eigenvalue weighted by molar-refractivity contribution is -0.121. The second kappa shape index (κ2) is 7.33. The Kier molecular flexibility index (Phi) is 5.13. The highest BCUT2D eigenvalue weighted by Gasteiger charge is 2.34. The number of nitrogens with one attached hydrogen (secondary N) is 2. The molecule has 2 aromatic rings. The van der Waals surface area contributed by atoms with Crippen molar-refractivity contribution in [3.8, 4) is 0 Å². The van der Waals surface area contributed by atoms with Gasteiger partial charge in [-0.25, -0.2) is 4.79 Å². The molecule has 2 amide bonds.